The minimum Gasteiger partial charge on any atom is -0.384 e. The largest absolute Gasteiger partial charge is 0.384 e. The molecule has 2 saturated carbocycles. The Morgan fingerprint density at radius 2 is 2.28 bits per heavy atom. The van der Waals surface area contributed by atoms with Gasteiger partial charge in [0.2, 0.25) is 0 Å². The number of fused-ring (bicyclic) bond motifs is 2. The average molecular weight is 265 g/mol. The number of thiophene rings is 1. The van der Waals surface area contributed by atoms with Crippen LogP contribution in [0.1, 0.15) is 42.4 Å². The third-order valence-electron chi connectivity index (χ3n) is 5.53. The van der Waals surface area contributed by atoms with Crippen LogP contribution in [0.3, 0.4) is 0 Å². The molecule has 0 aliphatic heterocycles. The first-order valence-corrected chi connectivity index (χ1v) is 7.80. The quantitative estimate of drug-likeness (QED) is 0.882. The Labute approximate surface area is 113 Å². The van der Waals surface area contributed by atoms with Gasteiger partial charge in [0.05, 0.1) is 0 Å². The van der Waals surface area contributed by atoms with Crippen molar-refractivity contribution in [2.75, 3.05) is 6.54 Å². The molecule has 2 bridgehead atoms. The summed E-state index contributed by atoms with van der Waals surface area (Å²) in [6.07, 6.45) is 4.98. The normalized spacial score (nSPS) is 38.0. The van der Waals surface area contributed by atoms with Crippen LogP contribution in [0.2, 0.25) is 0 Å². The van der Waals surface area contributed by atoms with E-state index < -0.39 is 5.60 Å². The van der Waals surface area contributed by atoms with Gasteiger partial charge >= 0.3 is 0 Å². The van der Waals surface area contributed by atoms with Crippen LogP contribution in [0, 0.1) is 24.2 Å². The van der Waals surface area contributed by atoms with Gasteiger partial charge in [-0.15, -0.1) is 11.3 Å². The predicted molar refractivity (Wildman–Crippen MR) is 75.6 cm³/mol. The van der Waals surface area contributed by atoms with E-state index in [9.17, 15) is 5.11 Å². The summed E-state index contributed by atoms with van der Waals surface area (Å²) in [6.45, 7) is 4.70. The van der Waals surface area contributed by atoms with Crippen molar-refractivity contribution in [1.82, 2.24) is 0 Å². The second-order valence-electron chi connectivity index (χ2n) is 6.42. The van der Waals surface area contributed by atoms with E-state index >= 15 is 0 Å². The van der Waals surface area contributed by atoms with Crippen molar-refractivity contribution in [2.45, 2.75) is 45.1 Å². The molecule has 4 unspecified atom stereocenters. The Morgan fingerprint density at radius 3 is 2.72 bits per heavy atom. The highest BCUT2D eigenvalue weighted by Crippen LogP contribution is 2.62. The maximum atomic E-state index is 11.2. The summed E-state index contributed by atoms with van der Waals surface area (Å²) >= 11 is 1.72. The number of rotatable bonds is 3. The standard InChI is InChI=1S/C15H23NOS/c1-10-3-6-13(18-10)14(2,17)15(9-16)8-11-4-5-12(15)7-11/h3,6,11-12,17H,4-5,7-9,16H2,1-2H3. The first-order valence-electron chi connectivity index (χ1n) is 6.99. The number of nitrogens with two attached hydrogens (primary N) is 1. The zero-order valence-electron chi connectivity index (χ0n) is 11.3. The van der Waals surface area contributed by atoms with E-state index in [4.69, 9.17) is 5.73 Å². The summed E-state index contributed by atoms with van der Waals surface area (Å²) in [4.78, 5) is 2.36. The molecule has 3 rings (SSSR count). The van der Waals surface area contributed by atoms with Crippen LogP contribution in [-0.2, 0) is 5.60 Å². The molecule has 1 aromatic heterocycles. The smallest absolute Gasteiger partial charge is 0.103 e. The first-order chi connectivity index (χ1) is 8.49. The molecule has 0 saturated heterocycles. The molecule has 1 heterocycles. The molecule has 100 valence electrons. The Hall–Kier alpha value is -0.380. The van der Waals surface area contributed by atoms with E-state index in [1.807, 2.05) is 6.92 Å². The maximum absolute atomic E-state index is 11.2. The van der Waals surface area contributed by atoms with Crippen molar-refractivity contribution in [2.24, 2.45) is 23.0 Å². The lowest BCUT2D eigenvalue weighted by Crippen LogP contribution is -2.51. The van der Waals surface area contributed by atoms with Gasteiger partial charge in [-0.2, -0.15) is 0 Å². The van der Waals surface area contributed by atoms with Gasteiger partial charge in [-0.05, 0) is 57.1 Å². The van der Waals surface area contributed by atoms with Crippen molar-refractivity contribution < 1.29 is 5.11 Å². The molecule has 18 heavy (non-hydrogen) atoms. The Morgan fingerprint density at radius 1 is 1.50 bits per heavy atom. The maximum Gasteiger partial charge on any atom is 0.103 e. The van der Waals surface area contributed by atoms with Crippen molar-refractivity contribution >= 4 is 11.3 Å². The van der Waals surface area contributed by atoms with E-state index in [1.54, 1.807) is 11.3 Å². The molecule has 2 nitrogen and oxygen atoms in total. The van der Waals surface area contributed by atoms with Gasteiger partial charge in [-0.25, -0.2) is 0 Å². The lowest BCUT2D eigenvalue weighted by Gasteiger charge is -2.47. The van der Waals surface area contributed by atoms with Crippen molar-refractivity contribution in [1.29, 1.82) is 0 Å². The van der Waals surface area contributed by atoms with Gasteiger partial charge < -0.3 is 10.8 Å². The zero-order valence-corrected chi connectivity index (χ0v) is 12.1. The summed E-state index contributed by atoms with van der Waals surface area (Å²) < 4.78 is 0. The van der Waals surface area contributed by atoms with Gasteiger partial charge in [0, 0.05) is 21.7 Å². The Kier molecular flexibility index (Phi) is 2.85. The van der Waals surface area contributed by atoms with E-state index in [2.05, 4.69) is 19.1 Å². The molecule has 3 N–H and O–H groups in total. The van der Waals surface area contributed by atoms with Gasteiger partial charge in [0.1, 0.15) is 5.60 Å². The van der Waals surface area contributed by atoms with E-state index in [0.717, 1.165) is 17.2 Å². The Bertz CT molecular complexity index is 453. The summed E-state index contributed by atoms with van der Waals surface area (Å²) in [5, 5.41) is 11.2. The van der Waals surface area contributed by atoms with Crippen LogP contribution in [0.15, 0.2) is 12.1 Å². The fraction of sp³-hybridized carbons (Fsp3) is 0.733. The first kappa shape index (κ1) is 12.6. The fourth-order valence-electron chi connectivity index (χ4n) is 4.43. The molecule has 0 amide bonds. The highest BCUT2D eigenvalue weighted by atomic mass is 32.1. The topological polar surface area (TPSA) is 46.2 Å². The molecule has 0 aromatic carbocycles. The summed E-state index contributed by atoms with van der Waals surface area (Å²) in [5.74, 6) is 1.41. The van der Waals surface area contributed by atoms with Crippen LogP contribution in [0.4, 0.5) is 0 Å². The van der Waals surface area contributed by atoms with Crippen LogP contribution in [0.25, 0.3) is 0 Å². The van der Waals surface area contributed by atoms with Crippen molar-refractivity contribution in [3.05, 3.63) is 21.9 Å². The molecule has 0 radical (unpaired) electrons. The van der Waals surface area contributed by atoms with Crippen molar-refractivity contribution in [3.8, 4) is 0 Å². The molecular weight excluding hydrogens is 242 g/mol. The van der Waals surface area contributed by atoms with E-state index in [1.165, 1.54) is 24.1 Å². The number of aliphatic hydroxyl groups is 1. The van der Waals surface area contributed by atoms with Gasteiger partial charge in [0.25, 0.3) is 0 Å². The van der Waals surface area contributed by atoms with Gasteiger partial charge in [-0.1, -0.05) is 6.42 Å². The third kappa shape index (κ3) is 1.54. The van der Waals surface area contributed by atoms with E-state index in [-0.39, 0.29) is 5.41 Å². The lowest BCUT2D eigenvalue weighted by atomic mass is 9.62. The average Bonchev–Trinajstić information content (AvgIpc) is 3.02. The lowest BCUT2D eigenvalue weighted by molar-refractivity contribution is -0.100. The highest BCUT2D eigenvalue weighted by Gasteiger charge is 2.59. The molecule has 1 aromatic rings. The van der Waals surface area contributed by atoms with Crippen LogP contribution >= 0.6 is 11.3 Å². The monoisotopic (exact) mass is 265 g/mol. The minimum atomic E-state index is -0.763. The molecule has 2 fully saturated rings. The molecule has 2 aliphatic rings. The van der Waals surface area contributed by atoms with Crippen LogP contribution in [0.5, 0.6) is 0 Å². The molecule has 2 aliphatic carbocycles. The zero-order chi connectivity index (χ0) is 13.0. The Balaban J connectivity index is 2.01. The minimum absolute atomic E-state index is 0.0901. The molecule has 0 spiro atoms. The van der Waals surface area contributed by atoms with Gasteiger partial charge in [-0.3, -0.25) is 0 Å². The van der Waals surface area contributed by atoms with Gasteiger partial charge in [0.15, 0.2) is 0 Å². The SMILES string of the molecule is Cc1ccc(C(C)(O)C2(CN)CC3CCC2C3)s1. The number of aryl methyl sites for hydroxylation is 1. The third-order valence-corrected chi connectivity index (χ3v) is 6.74. The van der Waals surface area contributed by atoms with Crippen molar-refractivity contribution in [3.63, 3.8) is 0 Å². The van der Waals surface area contributed by atoms with Crippen LogP contribution in [-0.4, -0.2) is 11.7 Å². The summed E-state index contributed by atoms with van der Waals surface area (Å²) in [5.41, 5.74) is 5.28. The van der Waals surface area contributed by atoms with Crippen LogP contribution < -0.4 is 5.73 Å². The number of hydrogen-bond donors (Lipinski definition) is 2. The second-order valence-corrected chi connectivity index (χ2v) is 7.71. The molecule has 3 heteroatoms. The number of hydrogen-bond acceptors (Lipinski definition) is 3. The molecular formula is C15H23NOS. The summed E-state index contributed by atoms with van der Waals surface area (Å²) in [7, 11) is 0. The predicted octanol–water partition coefficient (Wildman–Crippen LogP) is 3.03. The second kappa shape index (κ2) is 4.06. The summed E-state index contributed by atoms with van der Waals surface area (Å²) in [6, 6.07) is 4.19. The van der Waals surface area contributed by atoms with E-state index in [0.29, 0.717) is 12.5 Å². The molecule has 4 atom stereocenters. The highest BCUT2D eigenvalue weighted by molar-refractivity contribution is 7.12. The fourth-order valence-corrected chi connectivity index (χ4v) is 5.45.